The van der Waals surface area contributed by atoms with Crippen molar-refractivity contribution in [3.63, 3.8) is 0 Å². The van der Waals surface area contributed by atoms with E-state index in [-0.39, 0.29) is 0 Å². The van der Waals surface area contributed by atoms with E-state index in [1.165, 1.54) is 10.9 Å². The number of benzene rings is 1. The summed E-state index contributed by atoms with van der Waals surface area (Å²) in [6.45, 7) is 8.31. The summed E-state index contributed by atoms with van der Waals surface area (Å²) in [5, 5.41) is 5.42. The second kappa shape index (κ2) is 10.2. The van der Waals surface area contributed by atoms with E-state index >= 15 is 0 Å². The molecule has 0 saturated carbocycles. The molecular formula is C23H31ClN4O. The predicted molar refractivity (Wildman–Crippen MR) is 120 cm³/mol. The molecule has 5 nitrogen and oxygen atoms in total. The summed E-state index contributed by atoms with van der Waals surface area (Å²) in [7, 11) is 0. The van der Waals surface area contributed by atoms with E-state index in [9.17, 15) is 0 Å². The number of aromatic amines is 1. The third-order valence-corrected chi connectivity index (χ3v) is 5.93. The van der Waals surface area contributed by atoms with Crippen molar-refractivity contribution in [3.8, 4) is 0 Å². The van der Waals surface area contributed by atoms with Crippen LogP contribution in [0.1, 0.15) is 18.4 Å². The molecule has 3 heterocycles. The van der Waals surface area contributed by atoms with Crippen LogP contribution in [0.2, 0.25) is 5.02 Å². The number of hydrogen-bond donors (Lipinski definition) is 2. The maximum atomic E-state index is 6.17. The van der Waals surface area contributed by atoms with Crippen molar-refractivity contribution >= 4 is 22.5 Å². The number of nitrogens with one attached hydrogen (secondary N) is 2. The number of ether oxygens (including phenoxy) is 1. The van der Waals surface area contributed by atoms with Gasteiger partial charge in [-0.25, -0.2) is 0 Å². The predicted octanol–water partition coefficient (Wildman–Crippen LogP) is 3.78. The summed E-state index contributed by atoms with van der Waals surface area (Å²) in [5.41, 5.74) is 2.48. The van der Waals surface area contributed by atoms with Crippen molar-refractivity contribution in [3.05, 3.63) is 59.1 Å². The third-order valence-electron chi connectivity index (χ3n) is 5.69. The molecule has 0 unspecified atom stereocenters. The van der Waals surface area contributed by atoms with Gasteiger partial charge in [-0.05, 0) is 49.1 Å². The first-order valence-electron chi connectivity index (χ1n) is 10.7. The van der Waals surface area contributed by atoms with Gasteiger partial charge in [-0.15, -0.1) is 0 Å². The van der Waals surface area contributed by atoms with Crippen LogP contribution in [0.5, 0.6) is 0 Å². The monoisotopic (exact) mass is 414 g/mol. The van der Waals surface area contributed by atoms with Gasteiger partial charge in [-0.1, -0.05) is 23.8 Å². The van der Waals surface area contributed by atoms with Gasteiger partial charge in [0.25, 0.3) is 0 Å². The molecule has 2 N–H and O–H groups in total. The number of allylic oxidation sites excluding steroid dienone is 2. The minimum Gasteiger partial charge on any atom is -0.479 e. The number of halogens is 1. The molecule has 0 radical (unpaired) electrons. The molecule has 2 aliphatic rings. The van der Waals surface area contributed by atoms with Crippen LogP contribution >= 0.6 is 11.6 Å². The SMILES string of the molecule is Clc1ccc2[nH]cc(CCCN3CC=CC=C3OCCCN3CCNCC3)c2c1. The molecule has 1 aromatic heterocycles. The first-order chi connectivity index (χ1) is 14.3. The fourth-order valence-electron chi connectivity index (χ4n) is 4.09. The lowest BCUT2D eigenvalue weighted by molar-refractivity contribution is 0.105. The van der Waals surface area contributed by atoms with Crippen LogP contribution in [-0.2, 0) is 11.2 Å². The Bertz CT molecular complexity index is 854. The molecule has 0 atom stereocenters. The number of nitrogens with zero attached hydrogens (tertiary/aromatic N) is 2. The number of rotatable bonds is 9. The van der Waals surface area contributed by atoms with Gasteiger partial charge in [0, 0.05) is 67.9 Å². The zero-order valence-corrected chi connectivity index (χ0v) is 17.8. The average Bonchev–Trinajstić information content (AvgIpc) is 3.15. The van der Waals surface area contributed by atoms with Crippen molar-refractivity contribution in [1.82, 2.24) is 20.1 Å². The highest BCUT2D eigenvalue weighted by Gasteiger charge is 2.14. The summed E-state index contributed by atoms with van der Waals surface area (Å²) in [5.74, 6) is 1.01. The van der Waals surface area contributed by atoms with Crippen molar-refractivity contribution in [2.75, 3.05) is 52.4 Å². The van der Waals surface area contributed by atoms with Gasteiger partial charge in [-0.2, -0.15) is 0 Å². The second-order valence-electron chi connectivity index (χ2n) is 7.78. The van der Waals surface area contributed by atoms with Gasteiger partial charge in [0.2, 0.25) is 0 Å². The van der Waals surface area contributed by atoms with Gasteiger partial charge in [0.1, 0.15) is 0 Å². The Labute approximate surface area is 178 Å². The van der Waals surface area contributed by atoms with Crippen LogP contribution < -0.4 is 5.32 Å². The Morgan fingerprint density at radius 1 is 1.10 bits per heavy atom. The van der Waals surface area contributed by atoms with Gasteiger partial charge in [-0.3, -0.25) is 0 Å². The highest BCUT2D eigenvalue weighted by Crippen LogP contribution is 2.23. The first kappa shape index (κ1) is 20.3. The van der Waals surface area contributed by atoms with Crippen LogP contribution in [0.15, 0.2) is 48.5 Å². The molecule has 0 amide bonds. The molecule has 2 aromatic rings. The van der Waals surface area contributed by atoms with Crippen molar-refractivity contribution in [2.45, 2.75) is 19.3 Å². The molecule has 156 valence electrons. The smallest absolute Gasteiger partial charge is 0.189 e. The fraction of sp³-hybridized carbons (Fsp3) is 0.478. The normalized spacial score (nSPS) is 17.7. The summed E-state index contributed by atoms with van der Waals surface area (Å²) in [4.78, 5) is 8.20. The highest BCUT2D eigenvalue weighted by molar-refractivity contribution is 6.31. The maximum Gasteiger partial charge on any atom is 0.189 e. The number of hydrogen-bond acceptors (Lipinski definition) is 4. The molecule has 6 heteroatoms. The molecular weight excluding hydrogens is 384 g/mol. The summed E-state index contributed by atoms with van der Waals surface area (Å²) >= 11 is 6.17. The van der Waals surface area contributed by atoms with E-state index in [0.717, 1.165) is 88.1 Å². The van der Waals surface area contributed by atoms with Crippen molar-refractivity contribution in [1.29, 1.82) is 0 Å². The number of fused-ring (bicyclic) bond motifs is 1. The largest absolute Gasteiger partial charge is 0.479 e. The summed E-state index contributed by atoms with van der Waals surface area (Å²) in [6.07, 6.45) is 11.7. The molecule has 2 aliphatic heterocycles. The van der Waals surface area contributed by atoms with Crippen LogP contribution in [0.3, 0.4) is 0 Å². The van der Waals surface area contributed by atoms with Crippen LogP contribution in [0.4, 0.5) is 0 Å². The summed E-state index contributed by atoms with van der Waals surface area (Å²) < 4.78 is 6.13. The lowest BCUT2D eigenvalue weighted by Crippen LogP contribution is -2.43. The van der Waals surface area contributed by atoms with Crippen LogP contribution in [0.25, 0.3) is 10.9 Å². The van der Waals surface area contributed by atoms with Gasteiger partial charge in [0.15, 0.2) is 5.88 Å². The Hall–Kier alpha value is -1.95. The zero-order valence-electron chi connectivity index (χ0n) is 17.0. The lowest BCUT2D eigenvalue weighted by atomic mass is 10.1. The standard InChI is InChI=1S/C23H31ClN4O/c24-20-7-8-22-21(17-20)19(18-26-22)5-3-13-28-12-2-1-6-23(28)29-16-4-11-27-14-9-25-10-15-27/h1-2,6-8,17-18,25-26H,3-5,9-16H2. The van der Waals surface area contributed by atoms with Crippen LogP contribution in [0, 0.1) is 0 Å². The lowest BCUT2D eigenvalue weighted by Gasteiger charge is -2.29. The average molecular weight is 415 g/mol. The number of aryl methyl sites for hydroxylation is 1. The van der Waals surface area contributed by atoms with E-state index < -0.39 is 0 Å². The van der Waals surface area contributed by atoms with Gasteiger partial charge < -0.3 is 24.8 Å². The minimum atomic E-state index is 0.779. The highest BCUT2D eigenvalue weighted by atomic mass is 35.5. The zero-order chi connectivity index (χ0) is 19.9. The molecule has 29 heavy (non-hydrogen) atoms. The molecule has 4 rings (SSSR count). The fourth-order valence-corrected chi connectivity index (χ4v) is 4.26. The molecule has 0 spiro atoms. The molecule has 1 fully saturated rings. The van der Waals surface area contributed by atoms with Crippen molar-refractivity contribution in [2.24, 2.45) is 0 Å². The van der Waals surface area contributed by atoms with E-state index in [1.807, 2.05) is 12.1 Å². The number of aromatic nitrogens is 1. The molecule has 0 aliphatic carbocycles. The van der Waals surface area contributed by atoms with E-state index in [0.29, 0.717) is 0 Å². The number of piperazine rings is 1. The summed E-state index contributed by atoms with van der Waals surface area (Å²) in [6, 6.07) is 6.03. The van der Waals surface area contributed by atoms with Crippen LogP contribution in [-0.4, -0.2) is 67.2 Å². The molecule has 1 aromatic carbocycles. The quantitative estimate of drug-likeness (QED) is 0.613. The van der Waals surface area contributed by atoms with Crippen molar-refractivity contribution < 1.29 is 4.74 Å². The molecule has 1 saturated heterocycles. The van der Waals surface area contributed by atoms with E-state index in [4.69, 9.17) is 16.3 Å². The number of H-pyrrole nitrogens is 1. The Morgan fingerprint density at radius 2 is 2.00 bits per heavy atom. The van der Waals surface area contributed by atoms with Gasteiger partial charge in [0.05, 0.1) is 6.61 Å². The minimum absolute atomic E-state index is 0.779. The Balaban J connectivity index is 1.22. The Kier molecular flexibility index (Phi) is 7.14. The van der Waals surface area contributed by atoms with Gasteiger partial charge >= 0.3 is 0 Å². The Morgan fingerprint density at radius 3 is 2.90 bits per heavy atom. The maximum absolute atomic E-state index is 6.17. The third kappa shape index (κ3) is 5.56. The van der Waals surface area contributed by atoms with E-state index in [2.05, 4.69) is 50.6 Å². The first-order valence-corrected chi connectivity index (χ1v) is 11.1. The van der Waals surface area contributed by atoms with E-state index in [1.54, 1.807) is 0 Å². The second-order valence-corrected chi connectivity index (χ2v) is 8.22. The topological polar surface area (TPSA) is 43.5 Å². The molecule has 0 bridgehead atoms.